The van der Waals surface area contributed by atoms with Crippen molar-refractivity contribution in [3.8, 4) is 0 Å². The molecule has 1 aromatic carbocycles. The van der Waals surface area contributed by atoms with Crippen molar-refractivity contribution < 1.29 is 4.42 Å². The first-order chi connectivity index (χ1) is 8.88. The molecule has 2 aromatic heterocycles. The quantitative estimate of drug-likeness (QED) is 0.539. The van der Waals surface area contributed by atoms with E-state index in [4.69, 9.17) is 10.3 Å². The summed E-state index contributed by atoms with van der Waals surface area (Å²) in [4.78, 5) is 8.26. The van der Waals surface area contributed by atoms with Crippen molar-refractivity contribution in [3.63, 3.8) is 0 Å². The first-order valence-corrected chi connectivity index (χ1v) is 5.59. The number of nitrogens with one attached hydrogen (secondary N) is 1. The zero-order chi connectivity index (χ0) is 12.4. The van der Waals surface area contributed by atoms with E-state index < -0.39 is 0 Å². The van der Waals surface area contributed by atoms with Gasteiger partial charge in [0.1, 0.15) is 17.4 Å². The van der Waals surface area contributed by atoms with Crippen molar-refractivity contribution in [1.29, 1.82) is 0 Å². The van der Waals surface area contributed by atoms with Gasteiger partial charge in [-0.3, -0.25) is 15.8 Å². The second kappa shape index (κ2) is 4.56. The Kier molecular flexibility index (Phi) is 2.76. The van der Waals surface area contributed by atoms with Crippen molar-refractivity contribution in [1.82, 2.24) is 15.4 Å². The van der Waals surface area contributed by atoms with E-state index in [0.29, 0.717) is 0 Å². The molecule has 5 nitrogen and oxygen atoms in total. The van der Waals surface area contributed by atoms with Crippen LogP contribution in [0.2, 0.25) is 0 Å². The van der Waals surface area contributed by atoms with Gasteiger partial charge in [0.15, 0.2) is 0 Å². The third kappa shape index (κ3) is 1.85. The van der Waals surface area contributed by atoms with Crippen LogP contribution in [0.3, 0.4) is 0 Å². The molecule has 18 heavy (non-hydrogen) atoms. The number of para-hydroxylation sites is 1. The normalized spacial score (nSPS) is 12.7. The van der Waals surface area contributed by atoms with Crippen LogP contribution in [-0.4, -0.2) is 9.97 Å². The van der Waals surface area contributed by atoms with Crippen LogP contribution in [0.5, 0.6) is 0 Å². The number of benzene rings is 1. The predicted molar refractivity (Wildman–Crippen MR) is 67.4 cm³/mol. The summed E-state index contributed by atoms with van der Waals surface area (Å²) in [6.07, 6.45) is 4.91. The van der Waals surface area contributed by atoms with Crippen LogP contribution in [-0.2, 0) is 0 Å². The smallest absolute Gasteiger partial charge is 0.134 e. The minimum Gasteiger partial charge on any atom is -0.459 e. The third-order valence-electron chi connectivity index (χ3n) is 2.77. The number of furan rings is 1. The van der Waals surface area contributed by atoms with Gasteiger partial charge in [0.25, 0.3) is 0 Å². The maximum absolute atomic E-state index is 5.77. The van der Waals surface area contributed by atoms with E-state index in [0.717, 1.165) is 22.4 Å². The fraction of sp³-hybridized carbons (Fsp3) is 0.0769. The number of aromatic nitrogens is 2. The predicted octanol–water partition coefficient (Wildman–Crippen LogP) is 1.78. The van der Waals surface area contributed by atoms with Crippen molar-refractivity contribution in [3.05, 3.63) is 60.4 Å². The SMILES string of the molecule is NNC(c1cnccn1)c1cc2ccccc2o1. The summed E-state index contributed by atoms with van der Waals surface area (Å²) < 4.78 is 5.77. The van der Waals surface area contributed by atoms with E-state index >= 15 is 0 Å². The fourth-order valence-electron chi connectivity index (χ4n) is 1.92. The Labute approximate surface area is 104 Å². The van der Waals surface area contributed by atoms with Crippen molar-refractivity contribution >= 4 is 11.0 Å². The summed E-state index contributed by atoms with van der Waals surface area (Å²) in [5.74, 6) is 6.30. The molecule has 0 aliphatic rings. The van der Waals surface area contributed by atoms with Crippen LogP contribution in [0.1, 0.15) is 17.5 Å². The van der Waals surface area contributed by atoms with Crippen molar-refractivity contribution in [2.24, 2.45) is 5.84 Å². The molecule has 0 fully saturated rings. The lowest BCUT2D eigenvalue weighted by Crippen LogP contribution is -2.29. The van der Waals surface area contributed by atoms with Crippen molar-refractivity contribution in [2.45, 2.75) is 6.04 Å². The fourth-order valence-corrected chi connectivity index (χ4v) is 1.92. The largest absolute Gasteiger partial charge is 0.459 e. The number of fused-ring (bicyclic) bond motifs is 1. The van der Waals surface area contributed by atoms with Gasteiger partial charge in [-0.05, 0) is 12.1 Å². The number of nitrogens with zero attached hydrogens (tertiary/aromatic N) is 2. The Balaban J connectivity index is 2.06. The topological polar surface area (TPSA) is 77.0 Å². The van der Waals surface area contributed by atoms with Crippen LogP contribution in [0.25, 0.3) is 11.0 Å². The van der Waals surface area contributed by atoms with E-state index in [1.54, 1.807) is 18.6 Å². The molecule has 1 atom stereocenters. The lowest BCUT2D eigenvalue weighted by atomic mass is 10.1. The molecule has 90 valence electrons. The average molecular weight is 240 g/mol. The lowest BCUT2D eigenvalue weighted by Gasteiger charge is -2.11. The van der Waals surface area contributed by atoms with Crippen molar-refractivity contribution in [2.75, 3.05) is 0 Å². The maximum Gasteiger partial charge on any atom is 0.134 e. The summed E-state index contributed by atoms with van der Waals surface area (Å²) >= 11 is 0. The number of rotatable bonds is 3. The second-order valence-electron chi connectivity index (χ2n) is 3.92. The van der Waals surface area contributed by atoms with Crippen LogP contribution >= 0.6 is 0 Å². The molecule has 0 spiro atoms. The molecule has 3 rings (SSSR count). The van der Waals surface area contributed by atoms with Gasteiger partial charge in [-0.2, -0.15) is 0 Å². The molecule has 0 saturated carbocycles. The van der Waals surface area contributed by atoms with E-state index in [9.17, 15) is 0 Å². The molecule has 1 unspecified atom stereocenters. The molecule has 5 heteroatoms. The average Bonchev–Trinajstić information content (AvgIpc) is 2.84. The van der Waals surface area contributed by atoms with Gasteiger partial charge in [0.05, 0.1) is 11.9 Å². The highest BCUT2D eigenvalue weighted by atomic mass is 16.3. The monoisotopic (exact) mass is 240 g/mol. The van der Waals surface area contributed by atoms with Crippen LogP contribution in [0.15, 0.2) is 53.3 Å². The number of nitrogens with two attached hydrogens (primary N) is 1. The molecule has 0 radical (unpaired) electrons. The molecular weight excluding hydrogens is 228 g/mol. The van der Waals surface area contributed by atoms with Gasteiger partial charge < -0.3 is 4.42 Å². The summed E-state index contributed by atoms with van der Waals surface area (Å²) in [6.45, 7) is 0. The molecule has 0 aliphatic heterocycles. The van der Waals surface area contributed by atoms with Gasteiger partial charge in [-0.25, -0.2) is 5.43 Å². The van der Waals surface area contributed by atoms with E-state index in [2.05, 4.69) is 15.4 Å². The highest BCUT2D eigenvalue weighted by molar-refractivity contribution is 5.77. The zero-order valence-electron chi connectivity index (χ0n) is 9.58. The Morgan fingerprint density at radius 3 is 2.83 bits per heavy atom. The molecule has 0 bridgehead atoms. The van der Waals surface area contributed by atoms with Gasteiger partial charge in [0, 0.05) is 17.8 Å². The number of hydrogen-bond acceptors (Lipinski definition) is 5. The summed E-state index contributed by atoms with van der Waals surface area (Å²) in [5.41, 5.74) is 4.25. The standard InChI is InChI=1S/C13H12N4O/c14-17-13(10-8-15-5-6-16-10)12-7-9-3-1-2-4-11(9)18-12/h1-8,13,17H,14H2. The first-order valence-electron chi connectivity index (χ1n) is 5.59. The lowest BCUT2D eigenvalue weighted by molar-refractivity contribution is 0.470. The Morgan fingerprint density at radius 1 is 1.22 bits per heavy atom. The van der Waals surface area contributed by atoms with Gasteiger partial charge in [-0.1, -0.05) is 18.2 Å². The maximum atomic E-state index is 5.77. The highest BCUT2D eigenvalue weighted by Gasteiger charge is 2.18. The molecule has 3 aromatic rings. The van der Waals surface area contributed by atoms with E-state index in [1.165, 1.54) is 0 Å². The number of hydrazine groups is 1. The Morgan fingerprint density at radius 2 is 2.11 bits per heavy atom. The summed E-state index contributed by atoms with van der Waals surface area (Å²) in [7, 11) is 0. The molecule has 2 heterocycles. The highest BCUT2D eigenvalue weighted by Crippen LogP contribution is 2.26. The third-order valence-corrected chi connectivity index (χ3v) is 2.77. The Hall–Kier alpha value is -2.24. The van der Waals surface area contributed by atoms with Gasteiger partial charge in [-0.15, -0.1) is 0 Å². The van der Waals surface area contributed by atoms with Crippen LogP contribution < -0.4 is 11.3 Å². The molecule has 0 amide bonds. The van der Waals surface area contributed by atoms with Crippen LogP contribution in [0.4, 0.5) is 0 Å². The summed E-state index contributed by atoms with van der Waals surface area (Å²) in [5, 5.41) is 1.04. The molecule has 0 saturated heterocycles. The Bertz CT molecular complexity index is 617. The van der Waals surface area contributed by atoms with Gasteiger partial charge >= 0.3 is 0 Å². The molecule has 0 aliphatic carbocycles. The molecule has 3 N–H and O–H groups in total. The van der Waals surface area contributed by atoms with Gasteiger partial charge in [0.2, 0.25) is 0 Å². The summed E-state index contributed by atoms with van der Waals surface area (Å²) in [6, 6.07) is 9.47. The van der Waals surface area contributed by atoms with E-state index in [1.807, 2.05) is 30.3 Å². The molecular formula is C13H12N4O. The zero-order valence-corrected chi connectivity index (χ0v) is 9.58. The number of hydrogen-bond donors (Lipinski definition) is 2. The van der Waals surface area contributed by atoms with E-state index in [-0.39, 0.29) is 6.04 Å². The second-order valence-corrected chi connectivity index (χ2v) is 3.92. The first kappa shape index (κ1) is 10.9. The van der Waals surface area contributed by atoms with Crippen LogP contribution in [0, 0.1) is 0 Å². The minimum absolute atomic E-state index is 0.300. The minimum atomic E-state index is -0.300.